The lowest BCUT2D eigenvalue weighted by atomic mass is 9.32. The SMILES string of the molecule is C=C(C)C1CCC2(C(=O)O)CCC3(C)C(CCC4C5(C)CCC(OC6OC(C(=O)O)C(O)C(O)C6O)C(C)(C)C5CCC43C)C12. The molecule has 9 nitrogen and oxygen atoms in total. The molecule has 0 aromatic heterocycles. The molecule has 9 heteroatoms. The van der Waals surface area contributed by atoms with Crippen LogP contribution in [-0.4, -0.2) is 74.3 Å². The van der Waals surface area contributed by atoms with Gasteiger partial charge in [0.1, 0.15) is 18.3 Å². The van der Waals surface area contributed by atoms with E-state index in [1.807, 2.05) is 0 Å². The number of aliphatic carboxylic acids is 2. The number of hydrogen-bond donors (Lipinski definition) is 5. The molecular weight excluding hydrogens is 576 g/mol. The van der Waals surface area contributed by atoms with Crippen LogP contribution in [-0.2, 0) is 19.1 Å². The fourth-order valence-electron chi connectivity index (χ4n) is 13.1. The highest BCUT2D eigenvalue weighted by atomic mass is 16.7. The molecule has 0 amide bonds. The molecule has 6 fully saturated rings. The molecule has 15 unspecified atom stereocenters. The maximum Gasteiger partial charge on any atom is 0.335 e. The first kappa shape index (κ1) is 33.4. The van der Waals surface area contributed by atoms with Crippen molar-refractivity contribution >= 4 is 11.9 Å². The minimum Gasteiger partial charge on any atom is -0.481 e. The largest absolute Gasteiger partial charge is 0.481 e. The van der Waals surface area contributed by atoms with Crippen LogP contribution < -0.4 is 0 Å². The zero-order valence-electron chi connectivity index (χ0n) is 28.0. The van der Waals surface area contributed by atoms with Crippen LogP contribution in [0.4, 0.5) is 0 Å². The lowest BCUT2D eigenvalue weighted by Gasteiger charge is -2.73. The molecule has 45 heavy (non-hydrogen) atoms. The Bertz CT molecular complexity index is 1230. The first-order valence-corrected chi connectivity index (χ1v) is 17.3. The molecule has 5 saturated carbocycles. The van der Waals surface area contributed by atoms with Crippen LogP contribution in [0, 0.1) is 56.7 Å². The van der Waals surface area contributed by atoms with Gasteiger partial charge in [0.15, 0.2) is 12.4 Å². The van der Waals surface area contributed by atoms with E-state index in [1.54, 1.807) is 0 Å². The van der Waals surface area contributed by atoms with Crippen molar-refractivity contribution in [2.24, 2.45) is 56.7 Å². The van der Waals surface area contributed by atoms with Crippen LogP contribution in [0.1, 0.15) is 106 Å². The van der Waals surface area contributed by atoms with Crippen LogP contribution in [0.2, 0.25) is 0 Å². The van der Waals surface area contributed by atoms with Gasteiger partial charge in [-0.2, -0.15) is 0 Å². The number of fused-ring (bicyclic) bond motifs is 7. The van der Waals surface area contributed by atoms with Crippen LogP contribution in [0.25, 0.3) is 0 Å². The number of aliphatic hydroxyl groups is 3. The molecule has 0 radical (unpaired) electrons. The van der Waals surface area contributed by atoms with Gasteiger partial charge >= 0.3 is 11.9 Å². The average molecular weight is 633 g/mol. The van der Waals surface area contributed by atoms with Crippen molar-refractivity contribution in [1.82, 2.24) is 0 Å². The van der Waals surface area contributed by atoms with E-state index in [0.717, 1.165) is 63.4 Å². The summed E-state index contributed by atoms with van der Waals surface area (Å²) >= 11 is 0. The second kappa shape index (κ2) is 10.7. The fraction of sp³-hybridized carbons (Fsp3) is 0.889. The number of aliphatic hydroxyl groups excluding tert-OH is 3. The zero-order chi connectivity index (χ0) is 33.1. The first-order valence-electron chi connectivity index (χ1n) is 17.3. The van der Waals surface area contributed by atoms with E-state index in [2.05, 4.69) is 48.1 Å². The predicted molar refractivity (Wildman–Crippen MR) is 166 cm³/mol. The first-order chi connectivity index (χ1) is 20.9. The van der Waals surface area contributed by atoms with Gasteiger partial charge in [-0.1, -0.05) is 46.8 Å². The minimum absolute atomic E-state index is 0.0282. The van der Waals surface area contributed by atoms with Crippen molar-refractivity contribution < 1.29 is 44.6 Å². The highest BCUT2D eigenvalue weighted by Crippen LogP contribution is 2.77. The van der Waals surface area contributed by atoms with Crippen molar-refractivity contribution in [3.05, 3.63) is 12.2 Å². The van der Waals surface area contributed by atoms with Crippen LogP contribution in [0.5, 0.6) is 0 Å². The minimum atomic E-state index is -1.75. The molecule has 5 aliphatic carbocycles. The molecule has 0 spiro atoms. The molecular formula is C36H56O9. The van der Waals surface area contributed by atoms with Gasteiger partial charge in [-0.15, -0.1) is 0 Å². The van der Waals surface area contributed by atoms with Crippen LogP contribution >= 0.6 is 0 Å². The molecule has 1 saturated heterocycles. The van der Waals surface area contributed by atoms with E-state index in [0.29, 0.717) is 24.2 Å². The van der Waals surface area contributed by atoms with Gasteiger partial charge < -0.3 is 35.0 Å². The number of carbonyl (C=O) groups is 2. The number of ether oxygens (including phenoxy) is 2. The van der Waals surface area contributed by atoms with E-state index in [9.17, 15) is 35.1 Å². The highest BCUT2D eigenvalue weighted by molar-refractivity contribution is 5.76. The molecule has 1 heterocycles. The Kier molecular flexibility index (Phi) is 7.97. The highest BCUT2D eigenvalue weighted by Gasteiger charge is 2.72. The summed E-state index contributed by atoms with van der Waals surface area (Å²) in [6.45, 7) is 18.3. The lowest BCUT2D eigenvalue weighted by Crippen LogP contribution is -2.67. The van der Waals surface area contributed by atoms with Gasteiger partial charge in [0.25, 0.3) is 0 Å². The molecule has 254 valence electrons. The molecule has 1 aliphatic heterocycles. The number of allylic oxidation sites excluding steroid dienone is 1. The monoisotopic (exact) mass is 632 g/mol. The quantitative estimate of drug-likeness (QED) is 0.208. The Morgan fingerprint density at radius 2 is 1.47 bits per heavy atom. The van der Waals surface area contributed by atoms with Crippen LogP contribution in [0.15, 0.2) is 12.2 Å². The normalized spacial score (nSPS) is 53.8. The third-order valence-electron chi connectivity index (χ3n) is 15.5. The zero-order valence-corrected chi connectivity index (χ0v) is 28.0. The number of carboxylic acids is 2. The third kappa shape index (κ3) is 4.42. The van der Waals surface area contributed by atoms with Crippen molar-refractivity contribution in [1.29, 1.82) is 0 Å². The van der Waals surface area contributed by atoms with E-state index in [-0.39, 0.29) is 39.6 Å². The maximum absolute atomic E-state index is 12.9. The van der Waals surface area contributed by atoms with Gasteiger partial charge in [0, 0.05) is 0 Å². The van der Waals surface area contributed by atoms with E-state index < -0.39 is 48.1 Å². The van der Waals surface area contributed by atoms with Gasteiger partial charge in [0.2, 0.25) is 0 Å². The summed E-state index contributed by atoms with van der Waals surface area (Å²) in [7, 11) is 0. The summed E-state index contributed by atoms with van der Waals surface area (Å²) in [5.74, 6) is -0.479. The third-order valence-corrected chi connectivity index (χ3v) is 15.5. The summed E-state index contributed by atoms with van der Waals surface area (Å²) in [5.41, 5.74) is 0.308. The van der Waals surface area contributed by atoms with Crippen molar-refractivity contribution in [3.63, 3.8) is 0 Å². The Morgan fingerprint density at radius 3 is 2.09 bits per heavy atom. The average Bonchev–Trinajstić information content (AvgIpc) is 3.36. The summed E-state index contributed by atoms with van der Waals surface area (Å²) in [6, 6.07) is 0. The Labute approximate surface area is 267 Å². The molecule has 6 rings (SSSR count). The molecule has 0 bridgehead atoms. The van der Waals surface area contributed by atoms with Crippen molar-refractivity contribution in [3.8, 4) is 0 Å². The lowest BCUT2D eigenvalue weighted by molar-refractivity contribution is -0.326. The standard InChI is InChI=1S/C36H56O9/c1-18(2)19-10-15-36(31(42)43)17-16-34(6)20(24(19)36)8-9-22-33(5)13-12-23(32(3,4)21(33)11-14-35(22,34)7)44-30-27(39)25(37)26(38)28(45-30)29(40)41/h19-28,30,37-39H,1,8-17H2,2-7H3,(H,40,41)(H,42,43). The fourth-order valence-corrected chi connectivity index (χ4v) is 13.1. The number of carboxylic acid groups (broad SMARTS) is 2. The van der Waals surface area contributed by atoms with Gasteiger partial charge in [-0.25, -0.2) is 4.79 Å². The Morgan fingerprint density at radius 1 is 0.778 bits per heavy atom. The van der Waals surface area contributed by atoms with Crippen molar-refractivity contribution in [2.75, 3.05) is 0 Å². The Balaban J connectivity index is 1.27. The smallest absolute Gasteiger partial charge is 0.335 e. The molecule has 0 aromatic carbocycles. The number of hydrogen-bond acceptors (Lipinski definition) is 7. The molecule has 6 aliphatic rings. The molecule has 15 atom stereocenters. The summed E-state index contributed by atoms with van der Waals surface area (Å²) in [5, 5.41) is 51.4. The second-order valence-corrected chi connectivity index (χ2v) is 17.4. The van der Waals surface area contributed by atoms with E-state index >= 15 is 0 Å². The van der Waals surface area contributed by atoms with E-state index in [4.69, 9.17) is 9.47 Å². The van der Waals surface area contributed by atoms with Gasteiger partial charge in [-0.05, 0) is 122 Å². The van der Waals surface area contributed by atoms with Crippen molar-refractivity contribution in [2.45, 2.75) is 143 Å². The summed E-state index contributed by atoms with van der Waals surface area (Å²) in [6.07, 6.45) is 0.818. The Hall–Kier alpha value is -1.52. The summed E-state index contributed by atoms with van der Waals surface area (Å²) in [4.78, 5) is 24.6. The predicted octanol–water partition coefficient (Wildman–Crippen LogP) is 5.01. The topological polar surface area (TPSA) is 154 Å². The van der Waals surface area contributed by atoms with Gasteiger partial charge in [0.05, 0.1) is 11.5 Å². The maximum atomic E-state index is 12.9. The van der Waals surface area contributed by atoms with E-state index in [1.165, 1.54) is 0 Å². The van der Waals surface area contributed by atoms with Gasteiger partial charge in [-0.3, -0.25) is 4.79 Å². The number of rotatable bonds is 5. The van der Waals surface area contributed by atoms with Crippen LogP contribution in [0.3, 0.4) is 0 Å². The second-order valence-electron chi connectivity index (χ2n) is 17.4. The molecule has 0 aromatic rings. The molecule has 5 N–H and O–H groups in total. The summed E-state index contributed by atoms with van der Waals surface area (Å²) < 4.78 is 11.9.